The molecule has 0 saturated carbocycles. The van der Waals surface area contributed by atoms with Gasteiger partial charge in [-0.25, -0.2) is 9.50 Å². The Hall–Kier alpha value is -1.96. The van der Waals surface area contributed by atoms with Crippen molar-refractivity contribution in [3.05, 3.63) is 53.5 Å². The third kappa shape index (κ3) is 4.00. The molecule has 7 heteroatoms. The van der Waals surface area contributed by atoms with E-state index in [9.17, 15) is 0 Å². The zero-order valence-electron chi connectivity index (χ0n) is 15.8. The maximum absolute atomic E-state index is 5.87. The number of benzene rings is 1. The molecule has 0 N–H and O–H groups in total. The second-order valence-electron chi connectivity index (χ2n) is 8.01. The van der Waals surface area contributed by atoms with Crippen molar-refractivity contribution in [3.63, 3.8) is 0 Å². The number of fused-ring (bicyclic) bond motifs is 2. The molecule has 3 aromatic heterocycles. The number of imidazole rings is 1. The van der Waals surface area contributed by atoms with Crippen molar-refractivity contribution in [2.75, 3.05) is 6.61 Å². The van der Waals surface area contributed by atoms with Gasteiger partial charge in [-0.05, 0) is 45.7 Å². The lowest BCUT2D eigenvalue weighted by molar-refractivity contribution is 0.0898. The van der Waals surface area contributed by atoms with Gasteiger partial charge in [0.25, 0.3) is 0 Å². The smallest absolute Gasteiger partial charge is 0.124 e. The molecule has 4 rings (SSSR count). The first-order valence-corrected chi connectivity index (χ1v) is 13.6. The van der Waals surface area contributed by atoms with Crippen molar-refractivity contribution < 1.29 is 4.74 Å². The monoisotopic (exact) mass is 442 g/mol. The predicted octanol–water partition coefficient (Wildman–Crippen LogP) is 5.43. The highest BCUT2D eigenvalue weighted by molar-refractivity contribution is 9.10. The molecule has 0 unspecified atom stereocenters. The quantitative estimate of drug-likeness (QED) is 0.295. The van der Waals surface area contributed by atoms with Gasteiger partial charge in [0.15, 0.2) is 0 Å². The summed E-state index contributed by atoms with van der Waals surface area (Å²) in [6.45, 7) is 8.46. The molecule has 0 atom stereocenters. The SMILES string of the molecule is C[Si](C)(C)CCOCn1cnc2cc(-c3ccc4c(Br)cnn4c3)ccc21. The molecule has 5 nitrogen and oxygen atoms in total. The van der Waals surface area contributed by atoms with Crippen molar-refractivity contribution in [1.29, 1.82) is 0 Å². The van der Waals surface area contributed by atoms with Crippen LogP contribution < -0.4 is 0 Å². The molecule has 1 aromatic carbocycles. The maximum atomic E-state index is 5.87. The van der Waals surface area contributed by atoms with E-state index in [1.807, 2.05) is 23.2 Å². The van der Waals surface area contributed by atoms with Crippen LogP contribution in [0.3, 0.4) is 0 Å². The average molecular weight is 443 g/mol. The molecule has 0 saturated heterocycles. The molecule has 3 heterocycles. The number of rotatable bonds is 6. The Morgan fingerprint density at radius 2 is 1.85 bits per heavy atom. The number of pyridine rings is 1. The molecule has 27 heavy (non-hydrogen) atoms. The molecule has 0 aliphatic heterocycles. The minimum atomic E-state index is -1.06. The van der Waals surface area contributed by atoms with Crippen LogP contribution in [0.5, 0.6) is 0 Å². The van der Waals surface area contributed by atoms with Crippen LogP contribution in [-0.4, -0.2) is 33.8 Å². The van der Waals surface area contributed by atoms with Crippen LogP contribution in [0.2, 0.25) is 25.7 Å². The number of ether oxygens (including phenoxy) is 1. The fourth-order valence-electron chi connectivity index (χ4n) is 3.01. The number of nitrogens with zero attached hydrogens (tertiary/aromatic N) is 4. The lowest BCUT2D eigenvalue weighted by atomic mass is 10.1. The number of aromatic nitrogens is 4. The second kappa shape index (κ2) is 7.22. The Balaban J connectivity index is 1.54. The van der Waals surface area contributed by atoms with Gasteiger partial charge in [0, 0.05) is 26.4 Å². The summed E-state index contributed by atoms with van der Waals surface area (Å²) in [4.78, 5) is 4.56. The van der Waals surface area contributed by atoms with Gasteiger partial charge in [0.2, 0.25) is 0 Å². The molecule has 0 bridgehead atoms. The van der Waals surface area contributed by atoms with Gasteiger partial charge in [-0.3, -0.25) is 0 Å². The first-order valence-electron chi connectivity index (χ1n) is 9.07. The van der Waals surface area contributed by atoms with Crippen LogP contribution in [0, 0.1) is 0 Å². The number of hydrogen-bond donors (Lipinski definition) is 0. The van der Waals surface area contributed by atoms with Gasteiger partial charge >= 0.3 is 0 Å². The molecular weight excluding hydrogens is 420 g/mol. The normalized spacial score (nSPS) is 12.3. The van der Waals surface area contributed by atoms with E-state index in [1.165, 1.54) is 6.04 Å². The maximum Gasteiger partial charge on any atom is 0.124 e. The van der Waals surface area contributed by atoms with Gasteiger partial charge < -0.3 is 9.30 Å². The predicted molar refractivity (Wildman–Crippen MR) is 116 cm³/mol. The summed E-state index contributed by atoms with van der Waals surface area (Å²) in [7, 11) is -1.06. The average Bonchev–Trinajstić information content (AvgIpc) is 3.21. The summed E-state index contributed by atoms with van der Waals surface area (Å²) in [5, 5.41) is 4.37. The zero-order chi connectivity index (χ0) is 19.0. The third-order valence-corrected chi connectivity index (χ3v) is 6.97. The van der Waals surface area contributed by atoms with Crippen LogP contribution in [0.15, 0.2) is 53.5 Å². The molecule has 0 aliphatic rings. The molecule has 0 spiro atoms. The van der Waals surface area contributed by atoms with Crippen molar-refractivity contribution in [1.82, 2.24) is 19.2 Å². The summed E-state index contributed by atoms with van der Waals surface area (Å²) in [5.41, 5.74) is 5.36. The first-order chi connectivity index (χ1) is 12.9. The third-order valence-electron chi connectivity index (χ3n) is 4.65. The molecular formula is C20H23BrN4OSi. The summed E-state index contributed by atoms with van der Waals surface area (Å²) < 4.78 is 10.8. The molecule has 0 aliphatic carbocycles. The molecule has 4 aromatic rings. The number of halogens is 1. The molecule has 140 valence electrons. The van der Waals surface area contributed by atoms with Gasteiger partial charge in [-0.15, -0.1) is 0 Å². The van der Waals surface area contributed by atoms with E-state index in [0.717, 1.165) is 38.8 Å². The van der Waals surface area contributed by atoms with Crippen LogP contribution in [0.4, 0.5) is 0 Å². The highest BCUT2D eigenvalue weighted by Crippen LogP contribution is 2.26. The lowest BCUT2D eigenvalue weighted by Gasteiger charge is -2.15. The van der Waals surface area contributed by atoms with E-state index in [-0.39, 0.29) is 0 Å². The van der Waals surface area contributed by atoms with Crippen LogP contribution in [0.25, 0.3) is 27.7 Å². The highest BCUT2D eigenvalue weighted by Gasteiger charge is 2.12. The molecule has 0 radical (unpaired) electrons. The Labute approximate surface area is 168 Å². The van der Waals surface area contributed by atoms with Gasteiger partial charge in [-0.1, -0.05) is 31.8 Å². The van der Waals surface area contributed by atoms with Crippen molar-refractivity contribution in [2.45, 2.75) is 32.4 Å². The van der Waals surface area contributed by atoms with E-state index in [0.29, 0.717) is 6.73 Å². The fourth-order valence-corrected chi connectivity index (χ4v) is 4.17. The van der Waals surface area contributed by atoms with E-state index in [1.54, 1.807) is 0 Å². The Morgan fingerprint density at radius 1 is 1.07 bits per heavy atom. The molecule has 0 fully saturated rings. The van der Waals surface area contributed by atoms with Crippen LogP contribution in [-0.2, 0) is 11.5 Å². The van der Waals surface area contributed by atoms with E-state index in [4.69, 9.17) is 4.74 Å². The lowest BCUT2D eigenvalue weighted by Crippen LogP contribution is -2.21. The van der Waals surface area contributed by atoms with Gasteiger partial charge in [0.05, 0.1) is 33.5 Å². The van der Waals surface area contributed by atoms with Crippen molar-refractivity contribution >= 4 is 40.6 Å². The Bertz CT molecular complexity index is 1100. The zero-order valence-corrected chi connectivity index (χ0v) is 18.4. The van der Waals surface area contributed by atoms with E-state index < -0.39 is 8.07 Å². The fraction of sp³-hybridized carbons (Fsp3) is 0.300. The largest absolute Gasteiger partial charge is 0.361 e. The minimum absolute atomic E-state index is 0.549. The van der Waals surface area contributed by atoms with Crippen molar-refractivity contribution in [3.8, 4) is 11.1 Å². The van der Waals surface area contributed by atoms with Crippen LogP contribution in [0.1, 0.15) is 0 Å². The summed E-state index contributed by atoms with van der Waals surface area (Å²) in [5.74, 6) is 0. The van der Waals surface area contributed by atoms with Gasteiger partial charge in [0.1, 0.15) is 6.73 Å². The van der Waals surface area contributed by atoms with Crippen LogP contribution >= 0.6 is 15.9 Å². The minimum Gasteiger partial charge on any atom is -0.361 e. The van der Waals surface area contributed by atoms with E-state index >= 15 is 0 Å². The topological polar surface area (TPSA) is 44.3 Å². The van der Waals surface area contributed by atoms with E-state index in [2.05, 4.69) is 80.6 Å². The summed E-state index contributed by atoms with van der Waals surface area (Å²) in [6, 6.07) is 11.7. The first kappa shape index (κ1) is 18.4. The molecule has 0 amide bonds. The Morgan fingerprint density at radius 3 is 2.67 bits per heavy atom. The number of hydrogen-bond acceptors (Lipinski definition) is 3. The highest BCUT2D eigenvalue weighted by atomic mass is 79.9. The Kier molecular flexibility index (Phi) is 4.92. The van der Waals surface area contributed by atoms with Crippen molar-refractivity contribution in [2.24, 2.45) is 0 Å². The summed E-state index contributed by atoms with van der Waals surface area (Å²) >= 11 is 3.51. The second-order valence-corrected chi connectivity index (χ2v) is 14.5. The standard InChI is InChI=1S/C20H23BrN4OSi/c1-27(2,3)9-8-26-14-24-13-22-18-10-15(4-7-20(18)24)16-5-6-19-17(21)11-23-25(19)12-16/h4-7,10-13H,8-9,14H2,1-3H3. The summed E-state index contributed by atoms with van der Waals surface area (Å²) in [6.07, 6.45) is 5.71. The van der Waals surface area contributed by atoms with Gasteiger partial charge in [-0.2, -0.15) is 5.10 Å².